The molecule has 0 fully saturated rings. The molecule has 1 aromatic carbocycles. The van der Waals surface area contributed by atoms with Crippen molar-refractivity contribution in [3.63, 3.8) is 0 Å². The number of benzene rings is 1. The molecule has 1 aromatic heterocycles. The summed E-state index contributed by atoms with van der Waals surface area (Å²) >= 11 is 0. The number of carbonyl (C=O) groups excluding carboxylic acids is 1. The lowest BCUT2D eigenvalue weighted by Crippen LogP contribution is -2.15. The maximum Gasteiger partial charge on any atom is 0.272 e. The summed E-state index contributed by atoms with van der Waals surface area (Å²) in [7, 11) is 1.60. The smallest absolute Gasteiger partial charge is 0.272 e. The minimum Gasteiger partial charge on any atom is -0.497 e. The Labute approximate surface area is 110 Å². The number of hydrogen-bond donors (Lipinski definition) is 1. The number of nitrogens with two attached hydrogens (primary N) is 1. The molecule has 0 aliphatic carbocycles. The topological polar surface area (TPSA) is 87.3 Å². The average molecular weight is 259 g/mol. The first-order chi connectivity index (χ1) is 9.20. The molecule has 98 valence electrons. The molecule has 0 unspecified atom stereocenters. The second-order valence-electron chi connectivity index (χ2n) is 3.71. The van der Waals surface area contributed by atoms with Crippen LogP contribution in [0.1, 0.15) is 16.1 Å². The van der Waals surface area contributed by atoms with Gasteiger partial charge >= 0.3 is 0 Å². The highest BCUT2D eigenvalue weighted by Crippen LogP contribution is 2.15. The summed E-state index contributed by atoms with van der Waals surface area (Å²) in [6, 6.07) is 7.37. The highest BCUT2D eigenvalue weighted by Gasteiger charge is 2.11. The summed E-state index contributed by atoms with van der Waals surface area (Å²) in [6.45, 7) is 0.267. The zero-order valence-electron chi connectivity index (χ0n) is 10.4. The van der Waals surface area contributed by atoms with Gasteiger partial charge in [-0.3, -0.25) is 4.79 Å². The lowest BCUT2D eigenvalue weighted by Gasteiger charge is -2.07. The molecule has 0 bridgehead atoms. The molecular formula is C13H13N3O3. The lowest BCUT2D eigenvalue weighted by atomic mass is 10.2. The molecule has 0 spiro atoms. The van der Waals surface area contributed by atoms with Crippen LogP contribution in [0.4, 0.5) is 0 Å². The fourth-order valence-electron chi connectivity index (χ4n) is 1.47. The second kappa shape index (κ2) is 5.81. The average Bonchev–Trinajstić information content (AvgIpc) is 2.46. The van der Waals surface area contributed by atoms with Crippen molar-refractivity contribution in [2.24, 2.45) is 5.73 Å². The quantitative estimate of drug-likeness (QED) is 0.870. The van der Waals surface area contributed by atoms with Gasteiger partial charge in [-0.1, -0.05) is 12.1 Å². The number of primary amides is 1. The monoisotopic (exact) mass is 259 g/mol. The van der Waals surface area contributed by atoms with Gasteiger partial charge in [0.25, 0.3) is 5.91 Å². The SMILES string of the molecule is COc1ccc(COc2nccnc2C(N)=O)cc1. The van der Waals surface area contributed by atoms with Gasteiger partial charge < -0.3 is 15.2 Å². The summed E-state index contributed by atoms with van der Waals surface area (Å²) in [4.78, 5) is 18.9. The number of ether oxygens (including phenoxy) is 2. The van der Waals surface area contributed by atoms with Gasteiger partial charge in [0, 0.05) is 12.4 Å². The minimum atomic E-state index is -0.669. The first kappa shape index (κ1) is 12.8. The van der Waals surface area contributed by atoms with Crippen molar-refractivity contribution in [2.75, 3.05) is 7.11 Å². The van der Waals surface area contributed by atoms with E-state index in [1.54, 1.807) is 7.11 Å². The number of carbonyl (C=O) groups is 1. The van der Waals surface area contributed by atoms with E-state index in [1.165, 1.54) is 12.4 Å². The summed E-state index contributed by atoms with van der Waals surface area (Å²) in [5, 5.41) is 0. The van der Waals surface area contributed by atoms with Crippen molar-refractivity contribution in [2.45, 2.75) is 6.61 Å². The molecule has 0 aliphatic heterocycles. The standard InChI is InChI=1S/C13H13N3O3/c1-18-10-4-2-9(3-5-10)8-19-13-11(12(14)17)15-6-7-16-13/h2-7H,8H2,1H3,(H2,14,17). The highest BCUT2D eigenvalue weighted by atomic mass is 16.5. The van der Waals surface area contributed by atoms with E-state index in [2.05, 4.69) is 9.97 Å². The Balaban J connectivity index is 2.07. The fraction of sp³-hybridized carbons (Fsp3) is 0.154. The molecule has 2 aromatic rings. The van der Waals surface area contributed by atoms with Crippen LogP contribution in [0, 0.1) is 0 Å². The number of aromatic nitrogens is 2. The van der Waals surface area contributed by atoms with Crippen molar-refractivity contribution in [3.8, 4) is 11.6 Å². The summed E-state index contributed by atoms with van der Waals surface area (Å²) < 4.78 is 10.5. The zero-order chi connectivity index (χ0) is 13.7. The Morgan fingerprint density at radius 2 is 1.89 bits per heavy atom. The van der Waals surface area contributed by atoms with E-state index < -0.39 is 5.91 Å². The van der Waals surface area contributed by atoms with Gasteiger partial charge in [0.1, 0.15) is 12.4 Å². The Hall–Kier alpha value is -2.63. The van der Waals surface area contributed by atoms with E-state index in [0.717, 1.165) is 11.3 Å². The third-order valence-electron chi connectivity index (χ3n) is 2.43. The molecule has 0 atom stereocenters. The van der Waals surface area contributed by atoms with Crippen LogP contribution in [0.3, 0.4) is 0 Å². The van der Waals surface area contributed by atoms with Gasteiger partial charge in [-0.05, 0) is 17.7 Å². The van der Waals surface area contributed by atoms with Crippen LogP contribution in [0.2, 0.25) is 0 Å². The van der Waals surface area contributed by atoms with E-state index >= 15 is 0 Å². The van der Waals surface area contributed by atoms with E-state index in [9.17, 15) is 4.79 Å². The van der Waals surface area contributed by atoms with Crippen LogP contribution >= 0.6 is 0 Å². The van der Waals surface area contributed by atoms with E-state index in [1.807, 2.05) is 24.3 Å². The van der Waals surface area contributed by atoms with Gasteiger partial charge in [-0.25, -0.2) is 9.97 Å². The van der Waals surface area contributed by atoms with Crippen molar-refractivity contribution in [3.05, 3.63) is 47.9 Å². The molecule has 0 radical (unpaired) electrons. The molecule has 1 amide bonds. The highest BCUT2D eigenvalue weighted by molar-refractivity contribution is 5.92. The predicted octanol–water partition coefficient (Wildman–Crippen LogP) is 1.16. The van der Waals surface area contributed by atoms with Crippen LogP contribution in [0.15, 0.2) is 36.7 Å². The van der Waals surface area contributed by atoms with E-state index in [-0.39, 0.29) is 18.2 Å². The molecule has 6 heteroatoms. The Bertz CT molecular complexity index is 570. The first-order valence-electron chi connectivity index (χ1n) is 5.57. The van der Waals surface area contributed by atoms with Crippen LogP contribution < -0.4 is 15.2 Å². The van der Waals surface area contributed by atoms with Gasteiger partial charge in [0.05, 0.1) is 7.11 Å². The third-order valence-corrected chi connectivity index (χ3v) is 2.43. The summed E-state index contributed by atoms with van der Waals surface area (Å²) in [5.41, 5.74) is 6.13. The molecule has 0 aliphatic rings. The number of amides is 1. The van der Waals surface area contributed by atoms with Crippen molar-refractivity contribution >= 4 is 5.91 Å². The van der Waals surface area contributed by atoms with Crippen molar-refractivity contribution in [1.29, 1.82) is 0 Å². The molecule has 0 saturated carbocycles. The minimum absolute atomic E-state index is 0.0241. The number of methoxy groups -OCH3 is 1. The summed E-state index contributed by atoms with van der Waals surface area (Å²) in [5.74, 6) is 0.227. The van der Waals surface area contributed by atoms with Crippen LogP contribution in [0.25, 0.3) is 0 Å². The molecule has 6 nitrogen and oxygen atoms in total. The third kappa shape index (κ3) is 3.19. The number of rotatable bonds is 5. The molecule has 19 heavy (non-hydrogen) atoms. The Morgan fingerprint density at radius 3 is 2.53 bits per heavy atom. The fourth-order valence-corrected chi connectivity index (χ4v) is 1.47. The molecule has 0 saturated heterocycles. The maximum atomic E-state index is 11.1. The normalized spacial score (nSPS) is 9.95. The maximum absolute atomic E-state index is 11.1. The van der Waals surface area contributed by atoms with Gasteiger partial charge in [0.15, 0.2) is 5.69 Å². The molecule has 2 N–H and O–H groups in total. The molecule has 2 rings (SSSR count). The predicted molar refractivity (Wildman–Crippen MR) is 67.9 cm³/mol. The van der Waals surface area contributed by atoms with Crippen LogP contribution in [-0.4, -0.2) is 23.0 Å². The number of nitrogens with zero attached hydrogens (tertiary/aromatic N) is 2. The van der Waals surface area contributed by atoms with Crippen LogP contribution in [-0.2, 0) is 6.61 Å². The van der Waals surface area contributed by atoms with Gasteiger partial charge in [0.2, 0.25) is 5.88 Å². The van der Waals surface area contributed by atoms with E-state index in [0.29, 0.717) is 0 Å². The summed E-state index contributed by atoms with van der Waals surface area (Å²) in [6.07, 6.45) is 2.83. The van der Waals surface area contributed by atoms with Gasteiger partial charge in [-0.2, -0.15) is 0 Å². The molecular weight excluding hydrogens is 246 g/mol. The lowest BCUT2D eigenvalue weighted by molar-refractivity contribution is 0.0989. The molecule has 1 heterocycles. The number of hydrogen-bond acceptors (Lipinski definition) is 5. The van der Waals surface area contributed by atoms with Crippen LogP contribution in [0.5, 0.6) is 11.6 Å². The largest absolute Gasteiger partial charge is 0.497 e. The zero-order valence-corrected chi connectivity index (χ0v) is 10.4. The van der Waals surface area contributed by atoms with E-state index in [4.69, 9.17) is 15.2 Å². The second-order valence-corrected chi connectivity index (χ2v) is 3.71. The Kier molecular flexibility index (Phi) is 3.92. The van der Waals surface area contributed by atoms with Crippen molar-refractivity contribution in [1.82, 2.24) is 9.97 Å². The van der Waals surface area contributed by atoms with Crippen molar-refractivity contribution < 1.29 is 14.3 Å². The first-order valence-corrected chi connectivity index (χ1v) is 5.57. The van der Waals surface area contributed by atoms with Gasteiger partial charge in [-0.15, -0.1) is 0 Å². The Morgan fingerprint density at radius 1 is 1.21 bits per heavy atom.